The van der Waals surface area contributed by atoms with Crippen LogP contribution in [0.25, 0.3) is 0 Å². The number of carboxylic acid groups (broad SMARTS) is 1. The number of carbonyl (C=O) groups excluding carboxylic acids is 1. The predicted octanol–water partition coefficient (Wildman–Crippen LogP) is 1.67. The number of para-hydroxylation sites is 1. The highest BCUT2D eigenvalue weighted by Gasteiger charge is 2.28. The zero-order valence-corrected chi connectivity index (χ0v) is 12.3. The van der Waals surface area contributed by atoms with Crippen molar-refractivity contribution in [1.82, 2.24) is 10.2 Å². The van der Waals surface area contributed by atoms with Crippen molar-refractivity contribution in [2.75, 3.05) is 26.2 Å². The van der Waals surface area contributed by atoms with Crippen LogP contribution in [0.3, 0.4) is 0 Å². The molecule has 1 saturated heterocycles. The molecule has 1 atom stereocenters. The minimum atomic E-state index is -0.764. The smallest absolute Gasteiger partial charge is 0.317 e. The van der Waals surface area contributed by atoms with Gasteiger partial charge in [0.25, 0.3) is 0 Å². The van der Waals surface area contributed by atoms with Crippen molar-refractivity contribution in [3.63, 3.8) is 0 Å². The molecule has 2 amide bonds. The monoisotopic (exact) mass is 304 g/mol. The molecule has 1 aromatic carbocycles. The molecule has 0 radical (unpaired) electrons. The number of ether oxygens (including phenoxy) is 1. The summed E-state index contributed by atoms with van der Waals surface area (Å²) < 4.78 is 5.60. The Hall–Kier alpha value is -2.24. The minimum Gasteiger partial charge on any atom is -0.493 e. The van der Waals surface area contributed by atoms with Gasteiger partial charge in [-0.15, -0.1) is 0 Å². The quantitative estimate of drug-likeness (QED) is 0.890. The molecular weight excluding hydrogens is 284 g/mol. The molecule has 6 heteroatoms. The summed E-state index contributed by atoms with van der Waals surface area (Å²) in [6, 6.07) is 7.75. The van der Waals surface area contributed by atoms with Crippen LogP contribution in [0.4, 0.5) is 4.79 Å². The summed E-state index contributed by atoms with van der Waals surface area (Å²) in [6.07, 6.45) is 1.05. The maximum Gasteiger partial charge on any atom is 0.317 e. The number of aliphatic carboxylic acids is 1. The number of hydrogen-bond donors (Lipinski definition) is 2. The summed E-state index contributed by atoms with van der Waals surface area (Å²) in [7, 11) is 0. The van der Waals surface area contributed by atoms with E-state index < -0.39 is 5.97 Å². The standard InChI is InChI=1S/C16H20N2O4/c19-15(20)11-5-7-18(8-6-11)16(21)17-9-12-10-22-14-4-2-1-3-13(12)14/h1-4,11-12H,5-10H2,(H,17,21)(H,19,20). The third-order valence-corrected chi connectivity index (χ3v) is 4.43. The SMILES string of the molecule is O=C(O)C1CCN(C(=O)NCC2COc3ccccc32)CC1. The van der Waals surface area contributed by atoms with E-state index in [0.717, 1.165) is 11.3 Å². The van der Waals surface area contributed by atoms with Crippen LogP contribution in [0, 0.1) is 5.92 Å². The van der Waals surface area contributed by atoms with Gasteiger partial charge in [0.05, 0.1) is 12.5 Å². The number of piperidine rings is 1. The fourth-order valence-corrected chi connectivity index (χ4v) is 3.05. The van der Waals surface area contributed by atoms with E-state index >= 15 is 0 Å². The third kappa shape index (κ3) is 3.00. The van der Waals surface area contributed by atoms with Crippen LogP contribution in [0.1, 0.15) is 24.3 Å². The first-order valence-corrected chi connectivity index (χ1v) is 7.62. The minimum absolute atomic E-state index is 0.117. The second-order valence-electron chi connectivity index (χ2n) is 5.83. The number of urea groups is 1. The molecule has 1 aromatic rings. The highest BCUT2D eigenvalue weighted by molar-refractivity contribution is 5.75. The van der Waals surface area contributed by atoms with Crippen molar-refractivity contribution in [2.45, 2.75) is 18.8 Å². The van der Waals surface area contributed by atoms with Gasteiger partial charge >= 0.3 is 12.0 Å². The van der Waals surface area contributed by atoms with Gasteiger partial charge in [0.1, 0.15) is 5.75 Å². The first kappa shape index (κ1) is 14.7. The lowest BCUT2D eigenvalue weighted by Crippen LogP contribution is -2.46. The van der Waals surface area contributed by atoms with Gasteiger partial charge in [0, 0.05) is 31.1 Å². The van der Waals surface area contributed by atoms with E-state index in [1.54, 1.807) is 4.90 Å². The Morgan fingerprint density at radius 3 is 2.73 bits per heavy atom. The fourth-order valence-electron chi connectivity index (χ4n) is 3.05. The summed E-state index contributed by atoms with van der Waals surface area (Å²) in [5.74, 6) is -0.0142. The molecule has 1 unspecified atom stereocenters. The van der Waals surface area contributed by atoms with Crippen LogP contribution in [0.15, 0.2) is 24.3 Å². The number of nitrogens with one attached hydrogen (secondary N) is 1. The number of fused-ring (bicyclic) bond motifs is 1. The van der Waals surface area contributed by atoms with Crippen molar-refractivity contribution >= 4 is 12.0 Å². The van der Waals surface area contributed by atoms with Crippen molar-refractivity contribution in [1.29, 1.82) is 0 Å². The highest BCUT2D eigenvalue weighted by Crippen LogP contribution is 2.32. The lowest BCUT2D eigenvalue weighted by Gasteiger charge is -2.30. The lowest BCUT2D eigenvalue weighted by molar-refractivity contribution is -0.143. The summed E-state index contributed by atoms with van der Waals surface area (Å²) in [5, 5.41) is 11.9. The van der Waals surface area contributed by atoms with Gasteiger partial charge in [-0.3, -0.25) is 4.79 Å². The topological polar surface area (TPSA) is 78.9 Å². The number of rotatable bonds is 3. The number of hydrogen-bond acceptors (Lipinski definition) is 3. The molecule has 1 fully saturated rings. The molecule has 0 aliphatic carbocycles. The van der Waals surface area contributed by atoms with Crippen molar-refractivity contribution in [3.8, 4) is 5.75 Å². The van der Waals surface area contributed by atoms with E-state index in [1.165, 1.54) is 0 Å². The Kier molecular flexibility index (Phi) is 4.18. The fraction of sp³-hybridized carbons (Fsp3) is 0.500. The highest BCUT2D eigenvalue weighted by atomic mass is 16.5. The number of benzene rings is 1. The molecule has 0 spiro atoms. The van der Waals surface area contributed by atoms with E-state index in [9.17, 15) is 9.59 Å². The van der Waals surface area contributed by atoms with E-state index in [0.29, 0.717) is 39.1 Å². The Bertz CT molecular complexity index is 567. The van der Waals surface area contributed by atoms with Crippen LogP contribution >= 0.6 is 0 Å². The number of carbonyl (C=O) groups is 2. The van der Waals surface area contributed by atoms with Gasteiger partial charge in [-0.2, -0.15) is 0 Å². The molecule has 6 nitrogen and oxygen atoms in total. The van der Waals surface area contributed by atoms with Crippen LogP contribution in [-0.4, -0.2) is 48.2 Å². The Balaban J connectivity index is 1.49. The lowest BCUT2D eigenvalue weighted by atomic mass is 9.97. The molecule has 3 rings (SSSR count). The summed E-state index contributed by atoms with van der Waals surface area (Å²) in [4.78, 5) is 24.8. The Labute approximate surface area is 129 Å². The molecule has 0 bridgehead atoms. The molecule has 2 heterocycles. The number of likely N-dealkylation sites (tertiary alicyclic amines) is 1. The molecule has 2 aliphatic heterocycles. The van der Waals surface area contributed by atoms with Gasteiger partial charge in [-0.1, -0.05) is 18.2 Å². The summed E-state index contributed by atoms with van der Waals surface area (Å²) in [5.41, 5.74) is 1.13. The summed E-state index contributed by atoms with van der Waals surface area (Å²) >= 11 is 0. The molecule has 22 heavy (non-hydrogen) atoms. The maximum atomic E-state index is 12.2. The van der Waals surface area contributed by atoms with Gasteiger partial charge in [0.2, 0.25) is 0 Å². The predicted molar refractivity (Wildman–Crippen MR) is 80.0 cm³/mol. The van der Waals surface area contributed by atoms with Crippen molar-refractivity contribution < 1.29 is 19.4 Å². The van der Waals surface area contributed by atoms with E-state index in [1.807, 2.05) is 24.3 Å². The third-order valence-electron chi connectivity index (χ3n) is 4.43. The average Bonchev–Trinajstić information content (AvgIpc) is 2.96. The van der Waals surface area contributed by atoms with Crippen LogP contribution in [0.5, 0.6) is 5.75 Å². The van der Waals surface area contributed by atoms with Crippen LogP contribution in [0.2, 0.25) is 0 Å². The van der Waals surface area contributed by atoms with Crippen LogP contribution < -0.4 is 10.1 Å². The molecule has 0 saturated carbocycles. The van der Waals surface area contributed by atoms with Gasteiger partial charge in [-0.25, -0.2) is 4.79 Å². The van der Waals surface area contributed by atoms with Crippen molar-refractivity contribution in [3.05, 3.63) is 29.8 Å². The zero-order chi connectivity index (χ0) is 15.5. The molecular formula is C16H20N2O4. The number of amides is 2. The normalized spacial score (nSPS) is 21.1. The van der Waals surface area contributed by atoms with Crippen molar-refractivity contribution in [2.24, 2.45) is 5.92 Å². The first-order valence-electron chi connectivity index (χ1n) is 7.62. The molecule has 2 N–H and O–H groups in total. The second kappa shape index (κ2) is 6.25. The van der Waals surface area contributed by atoms with Crippen LogP contribution in [-0.2, 0) is 4.79 Å². The van der Waals surface area contributed by atoms with E-state index in [2.05, 4.69) is 5.32 Å². The van der Waals surface area contributed by atoms with Gasteiger partial charge in [0.15, 0.2) is 0 Å². The maximum absolute atomic E-state index is 12.2. The summed E-state index contributed by atoms with van der Waals surface area (Å²) in [6.45, 7) is 2.12. The largest absolute Gasteiger partial charge is 0.493 e. The van der Waals surface area contributed by atoms with E-state index in [-0.39, 0.29) is 17.9 Å². The Morgan fingerprint density at radius 1 is 1.27 bits per heavy atom. The number of carboxylic acids is 1. The van der Waals surface area contributed by atoms with Gasteiger partial charge in [-0.05, 0) is 18.9 Å². The average molecular weight is 304 g/mol. The van der Waals surface area contributed by atoms with Gasteiger partial charge < -0.3 is 20.1 Å². The number of nitrogens with zero attached hydrogens (tertiary/aromatic N) is 1. The Morgan fingerprint density at radius 2 is 2.00 bits per heavy atom. The molecule has 0 aromatic heterocycles. The molecule has 2 aliphatic rings. The molecule has 118 valence electrons. The van der Waals surface area contributed by atoms with E-state index in [4.69, 9.17) is 9.84 Å². The second-order valence-corrected chi connectivity index (χ2v) is 5.83. The first-order chi connectivity index (χ1) is 10.6. The zero-order valence-electron chi connectivity index (χ0n) is 12.3.